The molecule has 1 atom stereocenters. The highest BCUT2D eigenvalue weighted by atomic mass is 19.4. The summed E-state index contributed by atoms with van der Waals surface area (Å²) < 4.78 is 38.8. The molecule has 1 amide bonds. The van der Waals surface area contributed by atoms with Crippen molar-refractivity contribution >= 4 is 11.6 Å². The average molecular weight is 366 g/mol. The smallest absolute Gasteiger partial charge is 0.321 e. The second-order valence-electron chi connectivity index (χ2n) is 6.45. The van der Waals surface area contributed by atoms with Gasteiger partial charge in [0, 0.05) is 24.8 Å². The minimum atomic E-state index is -4.19. The largest absolute Gasteiger partial charge is 0.389 e. The van der Waals surface area contributed by atoms with Crippen molar-refractivity contribution in [1.82, 2.24) is 15.1 Å². The Morgan fingerprint density at radius 3 is 2.92 bits per heavy atom. The van der Waals surface area contributed by atoms with Gasteiger partial charge in [-0.1, -0.05) is 12.1 Å². The van der Waals surface area contributed by atoms with Gasteiger partial charge < -0.3 is 10.6 Å². The Hall–Kier alpha value is -2.35. The molecule has 0 aliphatic carbocycles. The van der Waals surface area contributed by atoms with Gasteiger partial charge in [-0.2, -0.15) is 18.3 Å². The second kappa shape index (κ2) is 7.90. The van der Waals surface area contributed by atoms with Gasteiger partial charge in [0.05, 0.1) is 6.04 Å². The van der Waals surface area contributed by atoms with Crippen molar-refractivity contribution in [3.8, 4) is 0 Å². The molecule has 0 saturated carbocycles. The molecule has 2 N–H and O–H groups in total. The first-order chi connectivity index (χ1) is 12.4. The van der Waals surface area contributed by atoms with Gasteiger partial charge in [-0.3, -0.25) is 9.48 Å². The maximum absolute atomic E-state index is 12.4. The van der Waals surface area contributed by atoms with E-state index in [1.54, 1.807) is 41.2 Å². The standard InChI is InChI=1S/C18H21F3N4O/c19-18(20,21)8-6-13-3-1-4-14(11-13)23-17(26)16-7-10-25(24-16)15-5-2-9-22-12-15/h1,3-4,7,10-11,15,22H,2,5-6,8-9,12H2,(H,23,26). The third kappa shape index (κ3) is 5.08. The first-order valence-corrected chi connectivity index (χ1v) is 8.64. The Bertz CT molecular complexity index is 751. The zero-order valence-electron chi connectivity index (χ0n) is 14.2. The summed E-state index contributed by atoms with van der Waals surface area (Å²) in [4.78, 5) is 12.4. The fraction of sp³-hybridized carbons (Fsp3) is 0.444. The van der Waals surface area contributed by atoms with Gasteiger partial charge in [0.2, 0.25) is 0 Å². The van der Waals surface area contributed by atoms with Crippen LogP contribution in [0.15, 0.2) is 36.5 Å². The van der Waals surface area contributed by atoms with Gasteiger partial charge in [-0.15, -0.1) is 0 Å². The number of hydrogen-bond donors (Lipinski definition) is 2. The number of rotatable bonds is 5. The normalized spacial score (nSPS) is 17.9. The van der Waals surface area contributed by atoms with Crippen LogP contribution in [0.25, 0.3) is 0 Å². The quantitative estimate of drug-likeness (QED) is 0.851. The minimum absolute atomic E-state index is 0.115. The third-order valence-electron chi connectivity index (χ3n) is 4.37. The van der Waals surface area contributed by atoms with Crippen molar-refractivity contribution < 1.29 is 18.0 Å². The monoisotopic (exact) mass is 366 g/mol. The molecule has 26 heavy (non-hydrogen) atoms. The van der Waals surface area contributed by atoms with Crippen LogP contribution in [-0.2, 0) is 6.42 Å². The number of anilines is 1. The fourth-order valence-corrected chi connectivity index (χ4v) is 3.01. The van der Waals surface area contributed by atoms with E-state index in [4.69, 9.17) is 0 Å². The third-order valence-corrected chi connectivity index (χ3v) is 4.37. The topological polar surface area (TPSA) is 59.0 Å². The van der Waals surface area contributed by atoms with E-state index in [9.17, 15) is 18.0 Å². The van der Waals surface area contributed by atoms with E-state index in [0.717, 1.165) is 25.9 Å². The molecule has 0 spiro atoms. The molecule has 1 aliphatic heterocycles. The van der Waals surface area contributed by atoms with Crippen LogP contribution in [0.4, 0.5) is 18.9 Å². The van der Waals surface area contributed by atoms with E-state index < -0.39 is 12.6 Å². The van der Waals surface area contributed by atoms with Crippen LogP contribution >= 0.6 is 0 Å². The number of benzene rings is 1. The van der Waals surface area contributed by atoms with Crippen LogP contribution in [0.5, 0.6) is 0 Å². The van der Waals surface area contributed by atoms with Crippen LogP contribution in [0, 0.1) is 0 Å². The maximum Gasteiger partial charge on any atom is 0.389 e. The first-order valence-electron chi connectivity index (χ1n) is 8.64. The molecule has 1 aromatic heterocycles. The minimum Gasteiger partial charge on any atom is -0.321 e. The highest BCUT2D eigenvalue weighted by molar-refractivity contribution is 6.02. The zero-order valence-corrected chi connectivity index (χ0v) is 14.2. The summed E-state index contributed by atoms with van der Waals surface area (Å²) in [5.41, 5.74) is 1.28. The molecule has 1 saturated heterocycles. The summed E-state index contributed by atoms with van der Waals surface area (Å²) in [6.07, 6.45) is -1.33. The predicted molar refractivity (Wildman–Crippen MR) is 92.1 cm³/mol. The van der Waals surface area contributed by atoms with E-state index in [-0.39, 0.29) is 24.1 Å². The van der Waals surface area contributed by atoms with Crippen LogP contribution in [0.1, 0.15) is 41.4 Å². The predicted octanol–water partition coefficient (Wildman–Crippen LogP) is 3.55. The molecular formula is C18H21F3N4O. The van der Waals surface area contributed by atoms with E-state index in [1.165, 1.54) is 0 Å². The van der Waals surface area contributed by atoms with Crippen LogP contribution in [0.2, 0.25) is 0 Å². The molecule has 1 unspecified atom stereocenters. The number of aryl methyl sites for hydroxylation is 1. The summed E-state index contributed by atoms with van der Waals surface area (Å²) in [5, 5.41) is 10.3. The highest BCUT2D eigenvalue weighted by Crippen LogP contribution is 2.23. The average Bonchev–Trinajstić information content (AvgIpc) is 3.11. The van der Waals surface area contributed by atoms with Gasteiger partial charge in [-0.25, -0.2) is 0 Å². The van der Waals surface area contributed by atoms with Crippen LogP contribution < -0.4 is 10.6 Å². The van der Waals surface area contributed by atoms with Crippen molar-refractivity contribution in [3.05, 3.63) is 47.8 Å². The van der Waals surface area contributed by atoms with E-state index >= 15 is 0 Å². The first kappa shape index (κ1) is 18.4. The number of nitrogens with zero attached hydrogens (tertiary/aromatic N) is 2. The maximum atomic E-state index is 12.4. The molecule has 1 aromatic carbocycles. The number of halogens is 3. The Kier molecular flexibility index (Phi) is 5.61. The van der Waals surface area contributed by atoms with Gasteiger partial charge in [0.25, 0.3) is 5.91 Å². The molecular weight excluding hydrogens is 345 g/mol. The molecule has 0 bridgehead atoms. The number of hydrogen-bond acceptors (Lipinski definition) is 3. The molecule has 2 heterocycles. The van der Waals surface area contributed by atoms with Crippen molar-refractivity contribution in [1.29, 1.82) is 0 Å². The summed E-state index contributed by atoms with van der Waals surface area (Å²) in [6.45, 7) is 1.82. The van der Waals surface area contributed by atoms with Gasteiger partial charge in [0.15, 0.2) is 5.69 Å². The zero-order chi connectivity index (χ0) is 18.6. The van der Waals surface area contributed by atoms with Crippen molar-refractivity contribution in [3.63, 3.8) is 0 Å². The van der Waals surface area contributed by atoms with Gasteiger partial charge in [-0.05, 0) is 49.6 Å². The van der Waals surface area contributed by atoms with E-state index in [0.29, 0.717) is 11.3 Å². The fourth-order valence-electron chi connectivity index (χ4n) is 3.01. The molecule has 1 fully saturated rings. The Balaban J connectivity index is 1.62. The molecule has 140 valence electrons. The Morgan fingerprint density at radius 2 is 2.19 bits per heavy atom. The molecule has 2 aromatic rings. The van der Waals surface area contributed by atoms with E-state index in [1.807, 2.05) is 0 Å². The number of alkyl halides is 3. The molecule has 8 heteroatoms. The van der Waals surface area contributed by atoms with Gasteiger partial charge in [0.1, 0.15) is 0 Å². The van der Waals surface area contributed by atoms with Crippen LogP contribution in [-0.4, -0.2) is 35.0 Å². The summed E-state index contributed by atoms with van der Waals surface area (Å²) in [6, 6.07) is 8.34. The molecule has 3 rings (SSSR count). The number of aromatic nitrogens is 2. The lowest BCUT2D eigenvalue weighted by molar-refractivity contribution is -0.134. The number of carbonyl (C=O) groups is 1. The van der Waals surface area contributed by atoms with Crippen molar-refractivity contribution in [2.24, 2.45) is 0 Å². The van der Waals surface area contributed by atoms with Crippen molar-refractivity contribution in [2.75, 3.05) is 18.4 Å². The summed E-state index contributed by atoms with van der Waals surface area (Å²) in [7, 11) is 0. The second-order valence-corrected chi connectivity index (χ2v) is 6.45. The van der Waals surface area contributed by atoms with Gasteiger partial charge >= 0.3 is 6.18 Å². The molecule has 0 radical (unpaired) electrons. The SMILES string of the molecule is O=C(Nc1cccc(CCC(F)(F)F)c1)c1ccn(C2CCCNC2)n1. The lowest BCUT2D eigenvalue weighted by Gasteiger charge is -2.22. The van der Waals surface area contributed by atoms with Crippen LogP contribution in [0.3, 0.4) is 0 Å². The number of piperidine rings is 1. The number of carbonyl (C=O) groups excluding carboxylic acids is 1. The Labute approximate surface area is 149 Å². The Morgan fingerprint density at radius 1 is 1.35 bits per heavy atom. The lowest BCUT2D eigenvalue weighted by Crippen LogP contribution is -2.32. The highest BCUT2D eigenvalue weighted by Gasteiger charge is 2.26. The summed E-state index contributed by atoms with van der Waals surface area (Å²) in [5.74, 6) is -0.375. The summed E-state index contributed by atoms with van der Waals surface area (Å²) >= 11 is 0. The lowest BCUT2D eigenvalue weighted by atomic mass is 10.1. The van der Waals surface area contributed by atoms with E-state index in [2.05, 4.69) is 15.7 Å². The molecule has 5 nitrogen and oxygen atoms in total. The number of amides is 1. The van der Waals surface area contributed by atoms with Crippen molar-refractivity contribution in [2.45, 2.75) is 37.9 Å². The molecule has 1 aliphatic rings. The number of nitrogens with one attached hydrogen (secondary N) is 2.